The molecule has 1 aromatic heterocycles. The Hall–Kier alpha value is -3.44. The summed E-state index contributed by atoms with van der Waals surface area (Å²) < 4.78 is 13.0. The minimum absolute atomic E-state index is 0.264. The number of rotatable bonds is 1. The Kier molecular flexibility index (Phi) is 3.98. The summed E-state index contributed by atoms with van der Waals surface area (Å²) >= 11 is 0. The molecule has 0 saturated carbocycles. The number of nitrogens with zero attached hydrogens (tertiary/aromatic N) is 1. The molecular formula is C23H14FN. The molecule has 0 radical (unpaired) electrons. The highest BCUT2D eigenvalue weighted by atomic mass is 19.1. The van der Waals surface area contributed by atoms with E-state index in [9.17, 15) is 4.39 Å². The van der Waals surface area contributed by atoms with Gasteiger partial charge in [0.25, 0.3) is 0 Å². The molecule has 4 aromatic rings. The van der Waals surface area contributed by atoms with E-state index in [4.69, 9.17) is 4.98 Å². The molecular weight excluding hydrogens is 309 g/mol. The summed E-state index contributed by atoms with van der Waals surface area (Å²) in [6, 6.07) is 26.4. The minimum Gasteiger partial charge on any atom is -0.239 e. The highest BCUT2D eigenvalue weighted by Crippen LogP contribution is 2.24. The summed E-state index contributed by atoms with van der Waals surface area (Å²) in [5, 5.41) is 2.11. The Morgan fingerprint density at radius 1 is 0.720 bits per heavy atom. The lowest BCUT2D eigenvalue weighted by atomic mass is 10.0. The standard InChI is InChI=1S/C23H14FN/c24-20-13-10-17(11-14-20)12-15-22-21-9-5-4-8-19(21)16-23(25-22)18-6-2-1-3-7-18/h1-11,13-14,16H. The molecule has 0 aliphatic carbocycles. The third-order valence-corrected chi connectivity index (χ3v) is 3.98. The van der Waals surface area contributed by atoms with E-state index >= 15 is 0 Å². The van der Waals surface area contributed by atoms with Gasteiger partial charge in [-0.2, -0.15) is 0 Å². The molecule has 1 nitrogen and oxygen atoms in total. The van der Waals surface area contributed by atoms with Crippen LogP contribution >= 0.6 is 0 Å². The van der Waals surface area contributed by atoms with Gasteiger partial charge < -0.3 is 0 Å². The van der Waals surface area contributed by atoms with Gasteiger partial charge in [0, 0.05) is 16.5 Å². The van der Waals surface area contributed by atoms with Crippen molar-refractivity contribution in [1.82, 2.24) is 4.98 Å². The van der Waals surface area contributed by atoms with Crippen molar-refractivity contribution in [3.05, 3.63) is 102 Å². The fourth-order valence-electron chi connectivity index (χ4n) is 2.72. The summed E-state index contributed by atoms with van der Waals surface area (Å²) in [6.07, 6.45) is 0. The number of pyridine rings is 1. The second-order valence-corrected chi connectivity index (χ2v) is 5.70. The van der Waals surface area contributed by atoms with Crippen LogP contribution in [0.2, 0.25) is 0 Å². The quantitative estimate of drug-likeness (QED) is 0.425. The first-order valence-corrected chi connectivity index (χ1v) is 8.02. The lowest BCUT2D eigenvalue weighted by molar-refractivity contribution is 0.627. The molecule has 0 N–H and O–H groups in total. The molecule has 0 saturated heterocycles. The third kappa shape index (κ3) is 3.27. The average Bonchev–Trinajstić information content (AvgIpc) is 2.68. The van der Waals surface area contributed by atoms with Gasteiger partial charge in [-0.15, -0.1) is 0 Å². The molecule has 3 aromatic carbocycles. The van der Waals surface area contributed by atoms with Crippen LogP contribution in [0.5, 0.6) is 0 Å². The number of aromatic nitrogens is 1. The van der Waals surface area contributed by atoms with Crippen LogP contribution in [0.4, 0.5) is 4.39 Å². The van der Waals surface area contributed by atoms with Gasteiger partial charge in [-0.25, -0.2) is 9.37 Å². The second kappa shape index (κ2) is 6.59. The summed E-state index contributed by atoms with van der Waals surface area (Å²) in [5.41, 5.74) is 3.43. The van der Waals surface area contributed by atoms with E-state index < -0.39 is 0 Å². The fourth-order valence-corrected chi connectivity index (χ4v) is 2.72. The van der Waals surface area contributed by atoms with E-state index in [0.717, 1.165) is 33.3 Å². The Bertz CT molecular complexity index is 1090. The van der Waals surface area contributed by atoms with Crippen molar-refractivity contribution < 1.29 is 4.39 Å². The Labute approximate surface area is 145 Å². The summed E-state index contributed by atoms with van der Waals surface area (Å²) in [5.74, 6) is 5.97. The van der Waals surface area contributed by atoms with Crippen LogP contribution in [0.25, 0.3) is 22.0 Å². The molecule has 0 atom stereocenters. The number of benzene rings is 3. The molecule has 118 valence electrons. The Balaban J connectivity index is 1.86. The number of halogens is 1. The first-order chi connectivity index (χ1) is 12.3. The molecule has 0 unspecified atom stereocenters. The van der Waals surface area contributed by atoms with E-state index in [1.807, 2.05) is 48.5 Å². The maximum absolute atomic E-state index is 13.0. The Morgan fingerprint density at radius 2 is 1.44 bits per heavy atom. The normalized spacial score (nSPS) is 10.3. The van der Waals surface area contributed by atoms with Crippen molar-refractivity contribution in [2.45, 2.75) is 0 Å². The van der Waals surface area contributed by atoms with Gasteiger partial charge >= 0.3 is 0 Å². The molecule has 2 heteroatoms. The van der Waals surface area contributed by atoms with Gasteiger partial charge in [0.15, 0.2) is 0 Å². The van der Waals surface area contributed by atoms with Crippen molar-refractivity contribution in [2.75, 3.05) is 0 Å². The SMILES string of the molecule is Fc1ccc(C#Cc2nc(-c3ccccc3)cc3ccccc23)cc1. The predicted octanol–water partition coefficient (Wildman–Crippen LogP) is 5.44. The molecule has 0 fully saturated rings. The zero-order valence-electron chi connectivity index (χ0n) is 13.4. The minimum atomic E-state index is -0.264. The van der Waals surface area contributed by atoms with Gasteiger partial charge in [0.05, 0.1) is 5.69 Å². The lowest BCUT2D eigenvalue weighted by Gasteiger charge is -2.06. The van der Waals surface area contributed by atoms with Gasteiger partial charge in [-0.1, -0.05) is 60.5 Å². The van der Waals surface area contributed by atoms with Crippen molar-refractivity contribution >= 4 is 10.8 Å². The molecule has 0 aliphatic rings. The van der Waals surface area contributed by atoms with Crippen LogP contribution in [0, 0.1) is 17.7 Å². The molecule has 0 amide bonds. The van der Waals surface area contributed by atoms with Gasteiger partial charge in [0.1, 0.15) is 11.5 Å². The lowest BCUT2D eigenvalue weighted by Crippen LogP contribution is -1.91. The van der Waals surface area contributed by atoms with E-state index in [1.54, 1.807) is 12.1 Å². The molecule has 0 bridgehead atoms. The first kappa shape index (κ1) is 15.1. The topological polar surface area (TPSA) is 12.9 Å². The largest absolute Gasteiger partial charge is 0.239 e. The summed E-state index contributed by atoms with van der Waals surface area (Å²) in [6.45, 7) is 0. The zero-order valence-corrected chi connectivity index (χ0v) is 13.4. The second-order valence-electron chi connectivity index (χ2n) is 5.70. The zero-order chi connectivity index (χ0) is 17.1. The maximum Gasteiger partial charge on any atom is 0.123 e. The van der Waals surface area contributed by atoms with Crippen LogP contribution in [0.3, 0.4) is 0 Å². The smallest absolute Gasteiger partial charge is 0.123 e. The molecule has 1 heterocycles. The number of fused-ring (bicyclic) bond motifs is 1. The van der Waals surface area contributed by atoms with Crippen molar-refractivity contribution in [3.63, 3.8) is 0 Å². The summed E-state index contributed by atoms with van der Waals surface area (Å²) in [4.78, 5) is 4.76. The summed E-state index contributed by atoms with van der Waals surface area (Å²) in [7, 11) is 0. The third-order valence-electron chi connectivity index (χ3n) is 3.98. The first-order valence-electron chi connectivity index (χ1n) is 8.02. The monoisotopic (exact) mass is 323 g/mol. The van der Waals surface area contributed by atoms with Crippen molar-refractivity contribution in [3.8, 4) is 23.1 Å². The highest BCUT2D eigenvalue weighted by Gasteiger charge is 2.05. The molecule has 4 rings (SSSR count). The van der Waals surface area contributed by atoms with Crippen LogP contribution in [-0.4, -0.2) is 4.98 Å². The number of hydrogen-bond acceptors (Lipinski definition) is 1. The molecule has 25 heavy (non-hydrogen) atoms. The van der Waals surface area contributed by atoms with Gasteiger partial charge in [-0.3, -0.25) is 0 Å². The highest BCUT2D eigenvalue weighted by molar-refractivity contribution is 5.90. The van der Waals surface area contributed by atoms with E-state index in [1.165, 1.54) is 12.1 Å². The molecule has 0 spiro atoms. The predicted molar refractivity (Wildman–Crippen MR) is 99.6 cm³/mol. The van der Waals surface area contributed by atoms with Crippen LogP contribution in [-0.2, 0) is 0 Å². The Morgan fingerprint density at radius 3 is 2.24 bits per heavy atom. The van der Waals surface area contributed by atoms with Crippen LogP contribution < -0.4 is 0 Å². The van der Waals surface area contributed by atoms with Gasteiger partial charge in [-0.05, 0) is 41.6 Å². The van der Waals surface area contributed by atoms with E-state index in [-0.39, 0.29) is 5.82 Å². The van der Waals surface area contributed by atoms with Crippen LogP contribution in [0.1, 0.15) is 11.3 Å². The van der Waals surface area contributed by atoms with Gasteiger partial charge in [0.2, 0.25) is 0 Å². The van der Waals surface area contributed by atoms with Crippen LogP contribution in [0.15, 0.2) is 84.9 Å². The van der Waals surface area contributed by atoms with Crippen molar-refractivity contribution in [1.29, 1.82) is 0 Å². The van der Waals surface area contributed by atoms with E-state index in [2.05, 4.69) is 24.0 Å². The fraction of sp³-hybridized carbons (Fsp3) is 0. The number of hydrogen-bond donors (Lipinski definition) is 0. The van der Waals surface area contributed by atoms with E-state index in [0.29, 0.717) is 0 Å². The van der Waals surface area contributed by atoms with Crippen molar-refractivity contribution in [2.24, 2.45) is 0 Å². The average molecular weight is 323 g/mol. The molecule has 0 aliphatic heterocycles. The maximum atomic E-state index is 13.0.